The highest BCUT2D eigenvalue weighted by molar-refractivity contribution is 6.36. The standard InChI is InChI=1S/C27H26F2N4O2/c1-15-22(30-21-10-11-33(13-12-32(2)3)27(35)23(15)21)14-18-24-16(6-5-9-20(24)31-26(18)34)17-7-4-8-19(28)25(17)29/h4-9,14,30H,10-13H2,1-3H3,(H,31,34). The van der Waals surface area contributed by atoms with E-state index in [1.165, 1.54) is 12.1 Å². The lowest BCUT2D eigenvalue weighted by Crippen LogP contribution is -2.41. The maximum absolute atomic E-state index is 14.7. The highest BCUT2D eigenvalue weighted by Crippen LogP contribution is 2.42. The molecular formula is C27H26F2N4O2. The van der Waals surface area contributed by atoms with Crippen molar-refractivity contribution in [1.82, 2.24) is 14.8 Å². The van der Waals surface area contributed by atoms with Crippen molar-refractivity contribution in [2.24, 2.45) is 0 Å². The number of carbonyl (C=O) groups is 2. The number of aromatic amines is 1. The predicted molar refractivity (Wildman–Crippen MR) is 132 cm³/mol. The van der Waals surface area contributed by atoms with Crippen LogP contribution in [0.25, 0.3) is 22.8 Å². The van der Waals surface area contributed by atoms with Gasteiger partial charge in [-0.1, -0.05) is 24.3 Å². The lowest BCUT2D eigenvalue weighted by molar-refractivity contribution is -0.110. The van der Waals surface area contributed by atoms with Crippen LogP contribution in [0.15, 0.2) is 36.4 Å². The summed E-state index contributed by atoms with van der Waals surface area (Å²) in [5.41, 5.74) is 4.79. The van der Waals surface area contributed by atoms with Gasteiger partial charge in [0, 0.05) is 54.3 Å². The molecule has 3 heterocycles. The highest BCUT2D eigenvalue weighted by Gasteiger charge is 2.32. The topological polar surface area (TPSA) is 68.4 Å². The fourth-order valence-corrected chi connectivity index (χ4v) is 4.81. The van der Waals surface area contributed by atoms with Gasteiger partial charge in [-0.05, 0) is 50.4 Å². The Morgan fingerprint density at radius 1 is 1.06 bits per heavy atom. The first-order chi connectivity index (χ1) is 16.8. The van der Waals surface area contributed by atoms with Crippen LogP contribution in [-0.2, 0) is 11.2 Å². The quantitative estimate of drug-likeness (QED) is 0.539. The van der Waals surface area contributed by atoms with E-state index in [0.29, 0.717) is 53.2 Å². The molecule has 2 amide bonds. The van der Waals surface area contributed by atoms with E-state index in [2.05, 4.69) is 10.3 Å². The SMILES string of the molecule is Cc1c(C=C2C(=O)Nc3cccc(-c4cccc(F)c4F)c32)[nH]c2c1C(=O)N(CCN(C)C)CC2. The molecule has 0 unspecified atom stereocenters. The maximum Gasteiger partial charge on any atom is 0.256 e. The second-order valence-corrected chi connectivity index (χ2v) is 9.20. The first-order valence-electron chi connectivity index (χ1n) is 11.5. The molecule has 0 saturated heterocycles. The van der Waals surface area contributed by atoms with Crippen molar-refractivity contribution in [3.05, 3.63) is 76.1 Å². The van der Waals surface area contributed by atoms with Crippen LogP contribution in [0.4, 0.5) is 14.5 Å². The van der Waals surface area contributed by atoms with E-state index in [4.69, 9.17) is 0 Å². The number of nitrogens with one attached hydrogen (secondary N) is 2. The lowest BCUT2D eigenvalue weighted by Gasteiger charge is -2.28. The van der Waals surface area contributed by atoms with Crippen LogP contribution in [0.3, 0.4) is 0 Å². The van der Waals surface area contributed by atoms with Gasteiger partial charge in [-0.3, -0.25) is 9.59 Å². The van der Waals surface area contributed by atoms with E-state index in [1.54, 1.807) is 24.3 Å². The zero-order chi connectivity index (χ0) is 24.9. The minimum Gasteiger partial charge on any atom is -0.358 e. The Balaban J connectivity index is 1.58. The molecule has 6 nitrogen and oxygen atoms in total. The summed E-state index contributed by atoms with van der Waals surface area (Å²) in [6.07, 6.45) is 2.40. The minimum atomic E-state index is -0.963. The molecule has 1 aromatic heterocycles. The summed E-state index contributed by atoms with van der Waals surface area (Å²) in [6, 6.07) is 9.10. The van der Waals surface area contributed by atoms with E-state index in [-0.39, 0.29) is 17.4 Å². The second-order valence-electron chi connectivity index (χ2n) is 9.20. The van der Waals surface area contributed by atoms with E-state index >= 15 is 0 Å². The van der Waals surface area contributed by atoms with Crippen LogP contribution < -0.4 is 5.32 Å². The molecule has 0 bridgehead atoms. The Bertz CT molecular complexity index is 1390. The average molecular weight is 477 g/mol. The number of likely N-dealkylation sites (N-methyl/N-ethyl adjacent to an activating group) is 1. The molecule has 2 aliphatic rings. The Morgan fingerprint density at radius 2 is 1.80 bits per heavy atom. The van der Waals surface area contributed by atoms with E-state index in [9.17, 15) is 18.4 Å². The van der Waals surface area contributed by atoms with Gasteiger partial charge in [0.1, 0.15) is 0 Å². The number of hydrogen-bond donors (Lipinski definition) is 2. The van der Waals surface area contributed by atoms with Crippen molar-refractivity contribution >= 4 is 29.2 Å². The summed E-state index contributed by atoms with van der Waals surface area (Å²) in [5, 5.41) is 2.82. The lowest BCUT2D eigenvalue weighted by atomic mass is 9.93. The van der Waals surface area contributed by atoms with Crippen molar-refractivity contribution in [3.63, 3.8) is 0 Å². The van der Waals surface area contributed by atoms with Gasteiger partial charge in [0.2, 0.25) is 0 Å². The largest absolute Gasteiger partial charge is 0.358 e. The minimum absolute atomic E-state index is 0.0229. The van der Waals surface area contributed by atoms with Gasteiger partial charge in [-0.2, -0.15) is 0 Å². The monoisotopic (exact) mass is 476 g/mol. The average Bonchev–Trinajstić information content (AvgIpc) is 3.31. The number of aromatic nitrogens is 1. The molecule has 0 spiro atoms. The van der Waals surface area contributed by atoms with Gasteiger partial charge in [-0.15, -0.1) is 0 Å². The number of halogens is 2. The van der Waals surface area contributed by atoms with Crippen LogP contribution in [0.1, 0.15) is 32.9 Å². The Hall–Kier alpha value is -3.78. The van der Waals surface area contributed by atoms with Gasteiger partial charge in [-0.25, -0.2) is 8.78 Å². The fraction of sp³-hybridized carbons (Fsp3) is 0.259. The van der Waals surface area contributed by atoms with Crippen LogP contribution in [0, 0.1) is 18.6 Å². The third-order valence-corrected chi connectivity index (χ3v) is 6.67. The number of rotatable bonds is 5. The molecule has 0 saturated carbocycles. The molecule has 180 valence electrons. The number of H-pyrrole nitrogens is 1. The summed E-state index contributed by atoms with van der Waals surface area (Å²) in [6.45, 7) is 3.91. The number of carbonyl (C=O) groups excluding carboxylic acids is 2. The molecule has 2 aliphatic heterocycles. The summed E-state index contributed by atoms with van der Waals surface area (Å²) >= 11 is 0. The molecule has 35 heavy (non-hydrogen) atoms. The normalized spacial score (nSPS) is 16.2. The number of fused-ring (bicyclic) bond motifs is 2. The summed E-state index contributed by atoms with van der Waals surface area (Å²) in [5.74, 6) is -2.27. The summed E-state index contributed by atoms with van der Waals surface area (Å²) in [7, 11) is 3.94. The van der Waals surface area contributed by atoms with Crippen LogP contribution in [0.5, 0.6) is 0 Å². The molecule has 8 heteroatoms. The molecule has 2 aromatic carbocycles. The summed E-state index contributed by atoms with van der Waals surface area (Å²) in [4.78, 5) is 33.3. The van der Waals surface area contributed by atoms with E-state index in [1.807, 2.05) is 30.8 Å². The van der Waals surface area contributed by atoms with E-state index in [0.717, 1.165) is 23.9 Å². The van der Waals surface area contributed by atoms with Crippen LogP contribution in [0.2, 0.25) is 0 Å². The number of benzene rings is 2. The number of hydrogen-bond acceptors (Lipinski definition) is 3. The number of amides is 2. The van der Waals surface area contributed by atoms with Gasteiger partial charge >= 0.3 is 0 Å². The fourth-order valence-electron chi connectivity index (χ4n) is 4.81. The number of anilines is 1. The van der Waals surface area contributed by atoms with Crippen molar-refractivity contribution in [2.45, 2.75) is 13.3 Å². The Labute approximate surface area is 202 Å². The smallest absolute Gasteiger partial charge is 0.256 e. The zero-order valence-electron chi connectivity index (χ0n) is 19.8. The zero-order valence-corrected chi connectivity index (χ0v) is 19.8. The van der Waals surface area contributed by atoms with Crippen molar-refractivity contribution in [2.75, 3.05) is 39.0 Å². The molecule has 0 atom stereocenters. The summed E-state index contributed by atoms with van der Waals surface area (Å²) < 4.78 is 28.6. The van der Waals surface area contributed by atoms with Gasteiger partial charge in [0.15, 0.2) is 11.6 Å². The van der Waals surface area contributed by atoms with Crippen LogP contribution >= 0.6 is 0 Å². The highest BCUT2D eigenvalue weighted by atomic mass is 19.2. The molecule has 0 aliphatic carbocycles. The first kappa shape index (κ1) is 23.0. The molecule has 2 N–H and O–H groups in total. The maximum atomic E-state index is 14.7. The van der Waals surface area contributed by atoms with Gasteiger partial charge in [0.05, 0.1) is 11.1 Å². The Kier molecular flexibility index (Phi) is 5.76. The van der Waals surface area contributed by atoms with E-state index < -0.39 is 11.6 Å². The molecule has 0 fully saturated rings. The van der Waals surface area contributed by atoms with Crippen molar-refractivity contribution in [1.29, 1.82) is 0 Å². The van der Waals surface area contributed by atoms with Gasteiger partial charge in [0.25, 0.3) is 11.8 Å². The third kappa shape index (κ3) is 3.93. The van der Waals surface area contributed by atoms with Gasteiger partial charge < -0.3 is 20.1 Å². The third-order valence-electron chi connectivity index (χ3n) is 6.67. The van der Waals surface area contributed by atoms with Crippen LogP contribution in [-0.4, -0.2) is 60.3 Å². The van der Waals surface area contributed by atoms with Crippen molar-refractivity contribution in [3.8, 4) is 11.1 Å². The predicted octanol–water partition coefficient (Wildman–Crippen LogP) is 4.32. The van der Waals surface area contributed by atoms with Crippen molar-refractivity contribution < 1.29 is 18.4 Å². The second kappa shape index (κ2) is 8.78. The molecule has 5 rings (SSSR count). The molecule has 0 radical (unpaired) electrons. The first-order valence-corrected chi connectivity index (χ1v) is 11.5. The Morgan fingerprint density at radius 3 is 2.57 bits per heavy atom. The molecular weight excluding hydrogens is 450 g/mol. The molecule has 3 aromatic rings. The number of nitrogens with zero attached hydrogens (tertiary/aromatic N) is 2.